The second-order valence-electron chi connectivity index (χ2n) is 5.81. The molecular formula is C19H16F3N3O2. The minimum Gasteiger partial charge on any atom is -0.497 e. The van der Waals surface area contributed by atoms with Crippen molar-refractivity contribution in [3.8, 4) is 5.75 Å². The van der Waals surface area contributed by atoms with Crippen LogP contribution in [0.15, 0.2) is 60.9 Å². The van der Waals surface area contributed by atoms with Crippen molar-refractivity contribution in [2.24, 2.45) is 0 Å². The number of anilines is 1. The first-order valence-electron chi connectivity index (χ1n) is 7.99. The zero-order chi connectivity index (χ0) is 19.4. The number of rotatable bonds is 5. The maximum atomic E-state index is 12.8. The first-order chi connectivity index (χ1) is 12.8. The predicted molar refractivity (Wildman–Crippen MR) is 93.7 cm³/mol. The number of halogens is 3. The summed E-state index contributed by atoms with van der Waals surface area (Å²) in [6.07, 6.45) is -1.40. The lowest BCUT2D eigenvalue weighted by atomic mass is 10.1. The summed E-state index contributed by atoms with van der Waals surface area (Å²) in [5, 5.41) is 6.77. The van der Waals surface area contributed by atoms with Crippen LogP contribution >= 0.6 is 0 Å². The Balaban J connectivity index is 1.69. The van der Waals surface area contributed by atoms with E-state index in [1.807, 2.05) is 0 Å². The molecule has 0 aliphatic rings. The van der Waals surface area contributed by atoms with Crippen molar-refractivity contribution in [3.63, 3.8) is 0 Å². The fourth-order valence-electron chi connectivity index (χ4n) is 2.52. The number of ether oxygens (including phenoxy) is 1. The van der Waals surface area contributed by atoms with Crippen LogP contribution < -0.4 is 10.1 Å². The van der Waals surface area contributed by atoms with Crippen LogP contribution in [0.5, 0.6) is 5.75 Å². The lowest BCUT2D eigenvalue weighted by Gasteiger charge is -2.08. The van der Waals surface area contributed by atoms with Gasteiger partial charge in [-0.1, -0.05) is 18.2 Å². The highest BCUT2D eigenvalue weighted by Crippen LogP contribution is 2.29. The number of benzene rings is 2. The van der Waals surface area contributed by atoms with Gasteiger partial charge in [-0.15, -0.1) is 0 Å². The van der Waals surface area contributed by atoms with Crippen molar-refractivity contribution in [1.82, 2.24) is 9.78 Å². The van der Waals surface area contributed by atoms with Gasteiger partial charge in [0.05, 0.1) is 31.1 Å². The van der Waals surface area contributed by atoms with Gasteiger partial charge in [0.25, 0.3) is 5.91 Å². The van der Waals surface area contributed by atoms with Crippen LogP contribution in [0.1, 0.15) is 21.5 Å². The van der Waals surface area contributed by atoms with Crippen LogP contribution in [0.2, 0.25) is 0 Å². The molecule has 140 valence electrons. The summed E-state index contributed by atoms with van der Waals surface area (Å²) in [7, 11) is 1.51. The molecule has 1 aromatic heterocycles. The molecule has 3 rings (SSSR count). The third-order valence-corrected chi connectivity index (χ3v) is 3.82. The molecule has 27 heavy (non-hydrogen) atoms. The number of alkyl halides is 3. The molecule has 2 aromatic carbocycles. The van der Waals surface area contributed by atoms with Crippen LogP contribution in [0.4, 0.5) is 18.9 Å². The van der Waals surface area contributed by atoms with Crippen LogP contribution in [-0.2, 0) is 12.7 Å². The molecule has 0 unspecified atom stereocenters. The maximum absolute atomic E-state index is 12.8. The first-order valence-corrected chi connectivity index (χ1v) is 7.99. The van der Waals surface area contributed by atoms with E-state index in [9.17, 15) is 18.0 Å². The quantitative estimate of drug-likeness (QED) is 0.727. The second-order valence-corrected chi connectivity index (χ2v) is 5.81. The lowest BCUT2D eigenvalue weighted by molar-refractivity contribution is -0.137. The molecule has 3 aromatic rings. The number of nitrogens with one attached hydrogen (secondary N) is 1. The summed E-state index contributed by atoms with van der Waals surface area (Å²) in [6.45, 7) is 0.152. The molecule has 0 saturated carbocycles. The van der Waals surface area contributed by atoms with Gasteiger partial charge in [-0.3, -0.25) is 9.48 Å². The Hall–Kier alpha value is -3.29. The lowest BCUT2D eigenvalue weighted by Crippen LogP contribution is -2.11. The average Bonchev–Trinajstić information content (AvgIpc) is 3.08. The van der Waals surface area contributed by atoms with E-state index in [-0.39, 0.29) is 12.5 Å². The summed E-state index contributed by atoms with van der Waals surface area (Å²) in [5.74, 6) is 0.218. The number of methoxy groups -OCH3 is 1. The highest BCUT2D eigenvalue weighted by molar-refractivity contribution is 6.04. The molecule has 0 fully saturated rings. The van der Waals surface area contributed by atoms with E-state index in [0.717, 1.165) is 12.1 Å². The van der Waals surface area contributed by atoms with Crippen LogP contribution in [0.3, 0.4) is 0 Å². The highest BCUT2D eigenvalue weighted by Gasteiger charge is 2.30. The molecule has 0 aliphatic heterocycles. The Labute approximate surface area is 153 Å². The topological polar surface area (TPSA) is 56.1 Å². The van der Waals surface area contributed by atoms with Gasteiger partial charge in [-0.2, -0.15) is 18.3 Å². The van der Waals surface area contributed by atoms with Gasteiger partial charge in [0.2, 0.25) is 0 Å². The molecule has 0 radical (unpaired) electrons. The Bertz CT molecular complexity index is 951. The molecule has 1 heterocycles. The highest BCUT2D eigenvalue weighted by atomic mass is 19.4. The second kappa shape index (κ2) is 7.53. The van der Waals surface area contributed by atoms with Crippen molar-refractivity contribution >= 4 is 11.6 Å². The molecule has 0 bridgehead atoms. The zero-order valence-corrected chi connectivity index (χ0v) is 14.3. The number of amides is 1. The fourth-order valence-corrected chi connectivity index (χ4v) is 2.52. The minimum absolute atomic E-state index is 0.152. The third kappa shape index (κ3) is 4.66. The van der Waals surface area contributed by atoms with Gasteiger partial charge in [-0.25, -0.2) is 0 Å². The van der Waals surface area contributed by atoms with E-state index >= 15 is 0 Å². The average molecular weight is 375 g/mol. The van der Waals surface area contributed by atoms with Gasteiger partial charge in [0, 0.05) is 11.8 Å². The van der Waals surface area contributed by atoms with Crippen molar-refractivity contribution in [3.05, 3.63) is 77.6 Å². The van der Waals surface area contributed by atoms with Crippen molar-refractivity contribution in [1.29, 1.82) is 0 Å². The van der Waals surface area contributed by atoms with E-state index < -0.39 is 11.7 Å². The number of aromatic nitrogens is 2. The number of hydrogen-bond donors (Lipinski definition) is 1. The van der Waals surface area contributed by atoms with E-state index in [0.29, 0.717) is 22.6 Å². The number of hydrogen-bond acceptors (Lipinski definition) is 3. The molecule has 1 N–H and O–H groups in total. The third-order valence-electron chi connectivity index (χ3n) is 3.82. The molecule has 1 amide bonds. The maximum Gasteiger partial charge on any atom is 0.416 e. The summed E-state index contributed by atoms with van der Waals surface area (Å²) in [4.78, 5) is 12.3. The van der Waals surface area contributed by atoms with E-state index in [1.54, 1.807) is 36.5 Å². The Morgan fingerprint density at radius 1 is 1.19 bits per heavy atom. The SMILES string of the molecule is COc1cccc(C(=O)Nc2cnn(Cc3cccc(C(F)(F)F)c3)c2)c1. The van der Waals surface area contributed by atoms with Gasteiger partial charge < -0.3 is 10.1 Å². The molecular weight excluding hydrogens is 359 g/mol. The Kier molecular flexibility index (Phi) is 5.16. The first kappa shape index (κ1) is 18.5. The minimum atomic E-state index is -4.39. The van der Waals surface area contributed by atoms with Gasteiger partial charge in [0.15, 0.2) is 0 Å². The molecule has 0 saturated heterocycles. The molecule has 0 spiro atoms. The molecule has 5 nitrogen and oxygen atoms in total. The largest absolute Gasteiger partial charge is 0.497 e. The van der Waals surface area contributed by atoms with Gasteiger partial charge in [0.1, 0.15) is 5.75 Å². The van der Waals surface area contributed by atoms with Gasteiger partial charge in [-0.05, 0) is 35.9 Å². The fraction of sp³-hybridized carbons (Fsp3) is 0.158. The summed E-state index contributed by atoms with van der Waals surface area (Å²) in [5.41, 5.74) is 0.604. The van der Waals surface area contributed by atoms with Crippen LogP contribution in [0, 0.1) is 0 Å². The molecule has 8 heteroatoms. The predicted octanol–water partition coefficient (Wildman–Crippen LogP) is 4.21. The van der Waals surface area contributed by atoms with E-state index in [1.165, 1.54) is 24.1 Å². The monoisotopic (exact) mass is 375 g/mol. The number of carbonyl (C=O) groups excluding carboxylic acids is 1. The molecule has 0 aliphatic carbocycles. The van der Waals surface area contributed by atoms with Gasteiger partial charge >= 0.3 is 6.18 Å². The van der Waals surface area contributed by atoms with Crippen molar-refractivity contribution < 1.29 is 22.7 Å². The van der Waals surface area contributed by atoms with Crippen LogP contribution in [0.25, 0.3) is 0 Å². The Morgan fingerprint density at radius 3 is 2.70 bits per heavy atom. The standard InChI is InChI=1S/C19H16F3N3O2/c1-27-17-7-3-5-14(9-17)18(26)24-16-10-23-25(12-16)11-13-4-2-6-15(8-13)19(20,21)22/h2-10,12H,11H2,1H3,(H,24,26). The van der Waals surface area contributed by atoms with E-state index in [2.05, 4.69) is 10.4 Å². The zero-order valence-electron chi connectivity index (χ0n) is 14.3. The number of nitrogens with zero attached hydrogens (tertiary/aromatic N) is 2. The smallest absolute Gasteiger partial charge is 0.416 e. The normalized spacial score (nSPS) is 11.3. The summed E-state index contributed by atoms with van der Waals surface area (Å²) < 4.78 is 44.9. The molecule has 0 atom stereocenters. The summed E-state index contributed by atoms with van der Waals surface area (Å²) in [6, 6.07) is 11.7. The van der Waals surface area contributed by atoms with Crippen LogP contribution in [-0.4, -0.2) is 22.8 Å². The summed E-state index contributed by atoms with van der Waals surface area (Å²) >= 11 is 0. The Morgan fingerprint density at radius 2 is 1.96 bits per heavy atom. The van der Waals surface area contributed by atoms with Crippen molar-refractivity contribution in [2.45, 2.75) is 12.7 Å². The number of carbonyl (C=O) groups is 1. The van der Waals surface area contributed by atoms with Crippen molar-refractivity contribution in [2.75, 3.05) is 12.4 Å². The van der Waals surface area contributed by atoms with E-state index in [4.69, 9.17) is 4.74 Å².